The lowest BCUT2D eigenvalue weighted by Gasteiger charge is -2.30. The van der Waals surface area contributed by atoms with Crippen molar-refractivity contribution < 1.29 is 14.3 Å². The summed E-state index contributed by atoms with van der Waals surface area (Å²) in [7, 11) is 0. The molecule has 1 fully saturated rings. The van der Waals surface area contributed by atoms with Gasteiger partial charge in [-0.3, -0.25) is 0 Å². The first-order valence-corrected chi connectivity index (χ1v) is 6.06. The predicted octanol–water partition coefficient (Wildman–Crippen LogP) is 2.12. The molecule has 2 N–H and O–H groups in total. The number of nitrogens with one attached hydrogen (secondary N) is 1. The number of aryl methyl sites for hydroxylation is 1. The van der Waals surface area contributed by atoms with Crippen LogP contribution in [0.4, 0.5) is 14.9 Å². The van der Waals surface area contributed by atoms with Gasteiger partial charge in [0.25, 0.3) is 0 Å². The summed E-state index contributed by atoms with van der Waals surface area (Å²) in [5.74, 6) is -0.452. The number of β-amino-alcohol motifs (C(OH)–C–C–N with tert-alkyl or cyclic N) is 1. The van der Waals surface area contributed by atoms with Gasteiger partial charge in [-0.2, -0.15) is 0 Å². The molecular formula is C13H17FN2O2. The second-order valence-electron chi connectivity index (χ2n) is 4.66. The van der Waals surface area contributed by atoms with E-state index in [0.29, 0.717) is 19.5 Å². The normalized spacial score (nSPS) is 19.7. The maximum atomic E-state index is 13.5. The highest BCUT2D eigenvalue weighted by molar-refractivity contribution is 5.89. The fourth-order valence-electron chi connectivity index (χ4n) is 2.07. The van der Waals surface area contributed by atoms with E-state index in [-0.39, 0.29) is 11.7 Å². The largest absolute Gasteiger partial charge is 0.391 e. The van der Waals surface area contributed by atoms with Crippen LogP contribution in [-0.4, -0.2) is 35.2 Å². The number of piperidine rings is 1. The summed E-state index contributed by atoms with van der Waals surface area (Å²) in [5, 5.41) is 12.0. The van der Waals surface area contributed by atoms with Gasteiger partial charge in [-0.25, -0.2) is 9.18 Å². The number of likely N-dealkylation sites (tertiary alicyclic amines) is 1. The van der Waals surface area contributed by atoms with Crippen LogP contribution in [0.2, 0.25) is 0 Å². The summed E-state index contributed by atoms with van der Waals surface area (Å²) >= 11 is 0. The van der Waals surface area contributed by atoms with Crippen molar-refractivity contribution >= 4 is 11.7 Å². The second kappa shape index (κ2) is 5.35. The van der Waals surface area contributed by atoms with Gasteiger partial charge in [0.2, 0.25) is 0 Å². The van der Waals surface area contributed by atoms with Gasteiger partial charge in [-0.1, -0.05) is 6.07 Å². The molecule has 4 nitrogen and oxygen atoms in total. The molecule has 98 valence electrons. The molecule has 0 radical (unpaired) electrons. The Morgan fingerprint density at radius 1 is 1.56 bits per heavy atom. The van der Waals surface area contributed by atoms with Crippen LogP contribution in [0.5, 0.6) is 0 Å². The lowest BCUT2D eigenvalue weighted by molar-refractivity contribution is 0.0883. The van der Waals surface area contributed by atoms with E-state index in [1.165, 1.54) is 11.0 Å². The molecule has 0 bridgehead atoms. The monoisotopic (exact) mass is 252 g/mol. The fourth-order valence-corrected chi connectivity index (χ4v) is 2.07. The zero-order valence-electron chi connectivity index (χ0n) is 10.3. The third kappa shape index (κ3) is 2.98. The summed E-state index contributed by atoms with van der Waals surface area (Å²) in [6.07, 6.45) is 1.000. The van der Waals surface area contributed by atoms with Crippen LogP contribution in [0.1, 0.15) is 18.4 Å². The first-order chi connectivity index (χ1) is 8.56. The minimum absolute atomic E-state index is 0.181. The number of aliphatic hydroxyl groups excluding tert-OH is 1. The zero-order chi connectivity index (χ0) is 13.1. The summed E-state index contributed by atoms with van der Waals surface area (Å²) in [6.45, 7) is 2.73. The van der Waals surface area contributed by atoms with Crippen molar-refractivity contribution in [2.75, 3.05) is 18.4 Å². The molecule has 0 spiro atoms. The van der Waals surface area contributed by atoms with Crippen LogP contribution in [-0.2, 0) is 0 Å². The van der Waals surface area contributed by atoms with Crippen LogP contribution in [0, 0.1) is 12.7 Å². The maximum Gasteiger partial charge on any atom is 0.322 e. The van der Waals surface area contributed by atoms with E-state index >= 15 is 0 Å². The van der Waals surface area contributed by atoms with Crippen molar-refractivity contribution in [3.8, 4) is 0 Å². The highest BCUT2D eigenvalue weighted by atomic mass is 19.1. The summed E-state index contributed by atoms with van der Waals surface area (Å²) in [4.78, 5) is 13.4. The Balaban J connectivity index is 2.04. The van der Waals surface area contributed by atoms with Crippen LogP contribution in [0.3, 0.4) is 0 Å². The van der Waals surface area contributed by atoms with Gasteiger partial charge in [-0.15, -0.1) is 0 Å². The minimum Gasteiger partial charge on any atom is -0.391 e. The fraction of sp³-hybridized carbons (Fsp3) is 0.462. The molecule has 2 amide bonds. The summed E-state index contributed by atoms with van der Waals surface area (Å²) in [6, 6.07) is 4.21. The molecule has 18 heavy (non-hydrogen) atoms. The van der Waals surface area contributed by atoms with E-state index in [0.717, 1.165) is 12.0 Å². The average molecular weight is 252 g/mol. The van der Waals surface area contributed by atoms with Crippen molar-refractivity contribution in [1.29, 1.82) is 0 Å². The summed E-state index contributed by atoms with van der Waals surface area (Å²) < 4.78 is 13.5. The van der Waals surface area contributed by atoms with E-state index in [9.17, 15) is 14.3 Å². The minimum atomic E-state index is -0.480. The Kier molecular flexibility index (Phi) is 3.81. The van der Waals surface area contributed by atoms with Crippen LogP contribution < -0.4 is 5.32 Å². The number of nitrogens with zero attached hydrogens (tertiary/aromatic N) is 1. The number of urea groups is 1. The maximum absolute atomic E-state index is 13.5. The van der Waals surface area contributed by atoms with Crippen LogP contribution in [0.25, 0.3) is 0 Å². The first kappa shape index (κ1) is 12.8. The number of hydrogen-bond acceptors (Lipinski definition) is 2. The summed E-state index contributed by atoms with van der Waals surface area (Å²) in [5.41, 5.74) is 1.06. The van der Waals surface area contributed by atoms with Crippen molar-refractivity contribution in [2.45, 2.75) is 25.9 Å². The SMILES string of the molecule is Cc1ccc(F)c(NC(=O)N2CCCC(O)C2)c1. The zero-order valence-corrected chi connectivity index (χ0v) is 10.3. The lowest BCUT2D eigenvalue weighted by Crippen LogP contribution is -2.44. The molecule has 0 aromatic heterocycles. The van der Waals surface area contributed by atoms with Gasteiger partial charge >= 0.3 is 6.03 Å². The smallest absolute Gasteiger partial charge is 0.322 e. The van der Waals surface area contributed by atoms with E-state index in [2.05, 4.69) is 5.32 Å². The molecule has 1 heterocycles. The number of carbonyl (C=O) groups excluding carboxylic acids is 1. The molecule has 2 rings (SSSR count). The van der Waals surface area contributed by atoms with Gasteiger partial charge in [-0.05, 0) is 37.5 Å². The molecule has 0 aliphatic carbocycles. The molecule has 0 saturated carbocycles. The molecule has 1 aliphatic rings. The molecule has 1 aliphatic heterocycles. The first-order valence-electron chi connectivity index (χ1n) is 6.06. The predicted molar refractivity (Wildman–Crippen MR) is 67.0 cm³/mol. The van der Waals surface area contributed by atoms with Crippen LogP contribution in [0.15, 0.2) is 18.2 Å². The van der Waals surface area contributed by atoms with Gasteiger partial charge in [0.15, 0.2) is 0 Å². The Morgan fingerprint density at radius 3 is 3.06 bits per heavy atom. The highest BCUT2D eigenvalue weighted by Gasteiger charge is 2.22. The van der Waals surface area contributed by atoms with E-state index < -0.39 is 11.9 Å². The third-order valence-electron chi connectivity index (χ3n) is 3.05. The van der Waals surface area contributed by atoms with E-state index in [4.69, 9.17) is 0 Å². The number of anilines is 1. The third-order valence-corrected chi connectivity index (χ3v) is 3.05. The molecule has 1 unspecified atom stereocenters. The number of hydrogen-bond donors (Lipinski definition) is 2. The molecule has 1 aromatic rings. The van der Waals surface area contributed by atoms with E-state index in [1.807, 2.05) is 6.92 Å². The molecule has 5 heteroatoms. The number of halogens is 1. The van der Waals surface area contributed by atoms with Crippen molar-refractivity contribution in [1.82, 2.24) is 4.90 Å². The van der Waals surface area contributed by atoms with Crippen molar-refractivity contribution in [3.05, 3.63) is 29.6 Å². The van der Waals surface area contributed by atoms with Gasteiger partial charge in [0, 0.05) is 13.1 Å². The number of benzene rings is 1. The standard InChI is InChI=1S/C13H17FN2O2/c1-9-4-5-11(14)12(7-9)15-13(18)16-6-2-3-10(17)8-16/h4-5,7,10,17H,2-3,6,8H2,1H3,(H,15,18). The Labute approximate surface area is 105 Å². The van der Waals surface area contributed by atoms with Crippen LogP contribution >= 0.6 is 0 Å². The quantitative estimate of drug-likeness (QED) is 0.804. The molecule has 1 atom stereocenters. The van der Waals surface area contributed by atoms with Gasteiger partial charge in [0.1, 0.15) is 5.82 Å². The molecular weight excluding hydrogens is 235 g/mol. The Bertz CT molecular complexity index is 451. The lowest BCUT2D eigenvalue weighted by atomic mass is 10.1. The average Bonchev–Trinajstić information content (AvgIpc) is 2.34. The van der Waals surface area contributed by atoms with Gasteiger partial charge < -0.3 is 15.3 Å². The second-order valence-corrected chi connectivity index (χ2v) is 4.66. The van der Waals surface area contributed by atoms with Gasteiger partial charge in [0.05, 0.1) is 11.8 Å². The number of aliphatic hydroxyl groups is 1. The van der Waals surface area contributed by atoms with E-state index in [1.54, 1.807) is 12.1 Å². The number of carbonyl (C=O) groups is 1. The Morgan fingerprint density at radius 2 is 2.33 bits per heavy atom. The van der Waals surface area contributed by atoms with Crippen molar-refractivity contribution in [3.63, 3.8) is 0 Å². The number of rotatable bonds is 1. The highest BCUT2D eigenvalue weighted by Crippen LogP contribution is 2.17. The number of amides is 2. The molecule has 1 aromatic carbocycles. The Hall–Kier alpha value is -1.62. The van der Waals surface area contributed by atoms with Crippen molar-refractivity contribution in [2.24, 2.45) is 0 Å². The molecule has 1 saturated heterocycles. The topological polar surface area (TPSA) is 52.6 Å².